The van der Waals surface area contributed by atoms with E-state index >= 15 is 0 Å². The fraction of sp³-hybridized carbons (Fsp3) is 0.389. The summed E-state index contributed by atoms with van der Waals surface area (Å²) in [6.45, 7) is 4.88. The first kappa shape index (κ1) is 14.9. The zero-order valence-electron chi connectivity index (χ0n) is 14.2. The number of fused-ring (bicyclic) bond motifs is 1. The van der Waals surface area contributed by atoms with Crippen LogP contribution in [0.25, 0.3) is 11.0 Å². The average Bonchev–Trinajstić information content (AvgIpc) is 3.26. The Morgan fingerprint density at radius 3 is 2.96 bits per heavy atom. The quantitative estimate of drug-likeness (QED) is 0.788. The first-order valence-corrected chi connectivity index (χ1v) is 8.31. The predicted octanol–water partition coefficient (Wildman–Crippen LogP) is 2.89. The van der Waals surface area contributed by atoms with Gasteiger partial charge in [-0.3, -0.25) is 9.48 Å². The number of rotatable bonds is 2. The maximum Gasteiger partial charge on any atom is 0.256 e. The molecule has 6 heteroatoms. The Hall–Kier alpha value is -2.63. The van der Waals surface area contributed by atoms with Crippen molar-refractivity contribution >= 4 is 16.9 Å². The number of carbonyl (C=O) groups excluding carboxylic acids is 1. The van der Waals surface area contributed by atoms with E-state index in [2.05, 4.69) is 22.0 Å². The van der Waals surface area contributed by atoms with Crippen LogP contribution in [0.5, 0.6) is 0 Å². The summed E-state index contributed by atoms with van der Waals surface area (Å²) in [5.41, 5.74) is 4.80. The van der Waals surface area contributed by atoms with E-state index in [0.717, 1.165) is 41.8 Å². The molecule has 3 aromatic rings. The molecule has 1 aliphatic rings. The lowest BCUT2D eigenvalue weighted by molar-refractivity contribution is 0.0737. The van der Waals surface area contributed by atoms with Gasteiger partial charge in [-0.25, -0.2) is 4.98 Å². The van der Waals surface area contributed by atoms with Gasteiger partial charge in [0.2, 0.25) is 0 Å². The molecule has 0 bridgehead atoms. The molecule has 1 saturated heterocycles. The van der Waals surface area contributed by atoms with Crippen LogP contribution in [0, 0.1) is 13.8 Å². The van der Waals surface area contributed by atoms with E-state index in [-0.39, 0.29) is 11.9 Å². The Morgan fingerprint density at radius 1 is 1.38 bits per heavy atom. The molecule has 4 rings (SSSR count). The minimum Gasteiger partial charge on any atom is -0.345 e. The summed E-state index contributed by atoms with van der Waals surface area (Å²) in [4.78, 5) is 22.6. The van der Waals surface area contributed by atoms with Crippen LogP contribution < -0.4 is 0 Å². The fourth-order valence-electron chi connectivity index (χ4n) is 3.87. The first-order chi connectivity index (χ1) is 11.6. The van der Waals surface area contributed by atoms with Gasteiger partial charge >= 0.3 is 0 Å². The molecule has 1 aliphatic heterocycles. The summed E-state index contributed by atoms with van der Waals surface area (Å²) in [7, 11) is 1.96. The third-order valence-electron chi connectivity index (χ3n) is 5.09. The van der Waals surface area contributed by atoms with Crippen LogP contribution in [-0.4, -0.2) is 37.1 Å². The Balaban J connectivity index is 1.74. The van der Waals surface area contributed by atoms with Gasteiger partial charge in [-0.2, -0.15) is 5.10 Å². The van der Waals surface area contributed by atoms with Gasteiger partial charge in [0.15, 0.2) is 0 Å². The standard InChI is InChI=1S/C18H21N5O/c1-11-16(12(2)22(3)21-11)15-7-5-9-23(15)18(24)14-10-20-17-13(14)6-4-8-19-17/h4,6,8,10,15H,5,7,9H2,1-3H3,(H,19,20)/t15-/m0/s1. The number of carbonyl (C=O) groups is 1. The highest BCUT2D eigenvalue weighted by molar-refractivity contribution is 6.06. The number of aromatic amines is 1. The van der Waals surface area contributed by atoms with Crippen LogP contribution in [0.2, 0.25) is 0 Å². The number of hydrogen-bond acceptors (Lipinski definition) is 3. The SMILES string of the molecule is Cc1nn(C)c(C)c1[C@@H]1CCCN1C(=O)c1c[nH]c2ncccc12. The molecular formula is C18H21N5O. The molecule has 0 aliphatic carbocycles. The zero-order valence-corrected chi connectivity index (χ0v) is 14.2. The second-order valence-corrected chi connectivity index (χ2v) is 6.47. The van der Waals surface area contributed by atoms with Crippen LogP contribution in [0.15, 0.2) is 24.5 Å². The number of nitrogens with one attached hydrogen (secondary N) is 1. The van der Waals surface area contributed by atoms with Crippen molar-refractivity contribution in [3.05, 3.63) is 47.0 Å². The molecule has 24 heavy (non-hydrogen) atoms. The van der Waals surface area contributed by atoms with Crippen molar-refractivity contribution in [2.24, 2.45) is 7.05 Å². The van der Waals surface area contributed by atoms with E-state index < -0.39 is 0 Å². The molecule has 0 unspecified atom stereocenters. The zero-order chi connectivity index (χ0) is 16.8. The third-order valence-corrected chi connectivity index (χ3v) is 5.09. The fourth-order valence-corrected chi connectivity index (χ4v) is 3.87. The predicted molar refractivity (Wildman–Crippen MR) is 91.8 cm³/mol. The summed E-state index contributed by atoms with van der Waals surface area (Å²) in [5, 5.41) is 5.41. The normalized spacial score (nSPS) is 17.8. The second kappa shape index (κ2) is 5.47. The van der Waals surface area contributed by atoms with Gasteiger partial charge in [0.05, 0.1) is 17.3 Å². The minimum absolute atomic E-state index is 0.0689. The number of hydrogen-bond donors (Lipinski definition) is 1. The molecule has 0 saturated carbocycles. The molecule has 1 amide bonds. The number of amides is 1. The smallest absolute Gasteiger partial charge is 0.256 e. The highest BCUT2D eigenvalue weighted by atomic mass is 16.2. The number of likely N-dealkylation sites (tertiary alicyclic amines) is 1. The van der Waals surface area contributed by atoms with Crippen LogP contribution in [0.4, 0.5) is 0 Å². The van der Waals surface area contributed by atoms with Gasteiger partial charge in [0.25, 0.3) is 5.91 Å². The van der Waals surface area contributed by atoms with Gasteiger partial charge < -0.3 is 9.88 Å². The molecule has 1 atom stereocenters. The molecule has 0 spiro atoms. The van der Waals surface area contributed by atoms with Crippen LogP contribution in [0.3, 0.4) is 0 Å². The topological polar surface area (TPSA) is 66.8 Å². The first-order valence-electron chi connectivity index (χ1n) is 8.31. The number of nitrogens with zero attached hydrogens (tertiary/aromatic N) is 4. The number of aryl methyl sites for hydroxylation is 2. The summed E-state index contributed by atoms with van der Waals surface area (Å²) in [5.74, 6) is 0.0689. The van der Waals surface area contributed by atoms with E-state index in [9.17, 15) is 4.79 Å². The lowest BCUT2D eigenvalue weighted by Crippen LogP contribution is -2.31. The van der Waals surface area contributed by atoms with Crippen molar-refractivity contribution < 1.29 is 4.79 Å². The number of pyridine rings is 1. The maximum absolute atomic E-state index is 13.2. The molecule has 124 valence electrons. The van der Waals surface area contributed by atoms with Gasteiger partial charge in [-0.05, 0) is 38.8 Å². The Morgan fingerprint density at radius 2 is 2.21 bits per heavy atom. The average molecular weight is 323 g/mol. The highest BCUT2D eigenvalue weighted by Crippen LogP contribution is 2.36. The Labute approximate surface area is 140 Å². The van der Waals surface area contributed by atoms with Crippen LogP contribution >= 0.6 is 0 Å². The molecular weight excluding hydrogens is 302 g/mol. The molecule has 6 nitrogen and oxygen atoms in total. The van der Waals surface area contributed by atoms with Crippen LogP contribution in [0.1, 0.15) is 46.2 Å². The summed E-state index contributed by atoms with van der Waals surface area (Å²) in [6, 6.07) is 3.91. The summed E-state index contributed by atoms with van der Waals surface area (Å²) < 4.78 is 1.90. The molecule has 1 N–H and O–H groups in total. The highest BCUT2D eigenvalue weighted by Gasteiger charge is 2.34. The summed E-state index contributed by atoms with van der Waals surface area (Å²) >= 11 is 0. The molecule has 3 aromatic heterocycles. The largest absolute Gasteiger partial charge is 0.345 e. The number of aromatic nitrogens is 4. The molecule has 1 fully saturated rings. The minimum atomic E-state index is 0.0689. The van der Waals surface area contributed by atoms with Gasteiger partial charge in [0.1, 0.15) is 5.65 Å². The van der Waals surface area contributed by atoms with Crippen molar-refractivity contribution in [2.75, 3.05) is 6.54 Å². The van der Waals surface area contributed by atoms with Crippen molar-refractivity contribution in [3.8, 4) is 0 Å². The van der Waals surface area contributed by atoms with E-state index in [1.165, 1.54) is 5.56 Å². The Bertz CT molecular complexity index is 923. The van der Waals surface area contributed by atoms with Gasteiger partial charge in [-0.1, -0.05) is 0 Å². The third kappa shape index (κ3) is 2.13. The van der Waals surface area contributed by atoms with Crippen molar-refractivity contribution in [1.29, 1.82) is 0 Å². The number of H-pyrrole nitrogens is 1. The second-order valence-electron chi connectivity index (χ2n) is 6.47. The van der Waals surface area contributed by atoms with E-state index in [1.807, 2.05) is 35.7 Å². The van der Waals surface area contributed by atoms with E-state index in [1.54, 1.807) is 12.4 Å². The maximum atomic E-state index is 13.2. The van der Waals surface area contributed by atoms with Crippen molar-refractivity contribution in [1.82, 2.24) is 24.6 Å². The summed E-state index contributed by atoms with van der Waals surface area (Å²) in [6.07, 6.45) is 5.51. The molecule has 0 aromatic carbocycles. The lowest BCUT2D eigenvalue weighted by Gasteiger charge is -2.25. The van der Waals surface area contributed by atoms with Gasteiger partial charge in [-0.15, -0.1) is 0 Å². The van der Waals surface area contributed by atoms with Gasteiger partial charge in [0, 0.05) is 42.6 Å². The monoisotopic (exact) mass is 323 g/mol. The Kier molecular flexibility index (Phi) is 3.40. The van der Waals surface area contributed by atoms with Crippen molar-refractivity contribution in [3.63, 3.8) is 0 Å². The van der Waals surface area contributed by atoms with E-state index in [0.29, 0.717) is 5.56 Å². The molecule has 0 radical (unpaired) electrons. The van der Waals surface area contributed by atoms with E-state index in [4.69, 9.17) is 0 Å². The van der Waals surface area contributed by atoms with Crippen molar-refractivity contribution in [2.45, 2.75) is 32.7 Å². The molecule has 4 heterocycles. The lowest BCUT2D eigenvalue weighted by atomic mass is 10.0. The van der Waals surface area contributed by atoms with Crippen LogP contribution in [-0.2, 0) is 7.05 Å².